The van der Waals surface area contributed by atoms with Crippen LogP contribution in [-0.2, 0) is 4.79 Å². The van der Waals surface area contributed by atoms with E-state index in [1.54, 1.807) is 0 Å². The van der Waals surface area contributed by atoms with Crippen molar-refractivity contribution in [1.82, 2.24) is 20.2 Å². The van der Waals surface area contributed by atoms with Gasteiger partial charge in [0, 0.05) is 17.6 Å². The molecule has 2 aromatic carbocycles. The Labute approximate surface area is 219 Å². The molecule has 0 bridgehead atoms. The molecule has 1 aliphatic rings. The third-order valence-corrected chi connectivity index (χ3v) is 6.25. The number of nitrogens with two attached hydrogens (primary N) is 1. The van der Waals surface area contributed by atoms with E-state index in [0.29, 0.717) is 22.7 Å². The number of anilines is 2. The number of nitrogens with one attached hydrogen (secondary N) is 3. The highest BCUT2D eigenvalue weighted by Crippen LogP contribution is 2.27. The van der Waals surface area contributed by atoms with E-state index in [0.717, 1.165) is 44.4 Å². The topological polar surface area (TPSA) is 129 Å². The number of amides is 1. The second-order valence-electron chi connectivity index (χ2n) is 9.17. The number of hydrogen-bond donors (Lipinski definition) is 4. The Balaban J connectivity index is 0.000000695. The van der Waals surface area contributed by atoms with Crippen molar-refractivity contribution in [3.8, 4) is 11.5 Å². The summed E-state index contributed by atoms with van der Waals surface area (Å²) in [6.07, 6.45) is 5.75. The minimum absolute atomic E-state index is 0.196. The van der Waals surface area contributed by atoms with E-state index < -0.39 is 0 Å². The summed E-state index contributed by atoms with van der Waals surface area (Å²) in [7, 11) is 4.11. The zero-order valence-corrected chi connectivity index (χ0v) is 21.8. The lowest BCUT2D eigenvalue weighted by Crippen LogP contribution is -2.36. The van der Waals surface area contributed by atoms with Crippen molar-refractivity contribution >= 4 is 23.8 Å². The Bertz CT molecular complexity index is 1130. The second kappa shape index (κ2) is 13.9. The van der Waals surface area contributed by atoms with Gasteiger partial charge in [-0.05, 0) is 82.7 Å². The number of hydrogen-bond acceptors (Lipinski definition) is 8. The molecule has 0 saturated heterocycles. The molecule has 196 valence electrons. The maximum atomic E-state index is 10.7. The summed E-state index contributed by atoms with van der Waals surface area (Å²) in [5.74, 6) is 2.25. The quantitative estimate of drug-likeness (QED) is 0.253. The zero-order chi connectivity index (χ0) is 26.6. The predicted octanol–water partition coefficient (Wildman–Crippen LogP) is 4.30. The van der Waals surface area contributed by atoms with Crippen LogP contribution in [0.4, 0.5) is 11.6 Å². The molecule has 1 saturated carbocycles. The van der Waals surface area contributed by atoms with Crippen LogP contribution in [-0.4, -0.2) is 59.7 Å². The van der Waals surface area contributed by atoms with E-state index in [1.807, 2.05) is 54.6 Å². The first-order valence-corrected chi connectivity index (χ1v) is 12.5. The average Bonchev–Trinajstić information content (AvgIpc) is 2.91. The molecule has 9 heteroatoms. The lowest BCUT2D eigenvalue weighted by Gasteiger charge is -2.29. The van der Waals surface area contributed by atoms with Crippen LogP contribution in [0.1, 0.15) is 43.7 Å². The molecule has 0 radical (unpaired) electrons. The molecule has 0 atom stereocenters. The van der Waals surface area contributed by atoms with Gasteiger partial charge in [-0.3, -0.25) is 10.2 Å². The molecule has 3 aromatic rings. The Kier molecular flexibility index (Phi) is 10.4. The van der Waals surface area contributed by atoms with Crippen LogP contribution in [0.2, 0.25) is 0 Å². The number of aromatic nitrogens is 2. The molecular weight excluding hydrogens is 466 g/mol. The summed E-state index contributed by atoms with van der Waals surface area (Å²) < 4.78 is 5.83. The molecule has 1 aliphatic carbocycles. The first kappa shape index (κ1) is 27.6. The van der Waals surface area contributed by atoms with Gasteiger partial charge in [-0.2, -0.15) is 0 Å². The fraction of sp³-hybridized carbons (Fsp3) is 0.357. The number of nitrogens with zero attached hydrogens (tertiary/aromatic N) is 3. The van der Waals surface area contributed by atoms with Gasteiger partial charge in [-0.15, -0.1) is 0 Å². The van der Waals surface area contributed by atoms with Gasteiger partial charge in [0.15, 0.2) is 0 Å². The van der Waals surface area contributed by atoms with E-state index in [1.165, 1.54) is 6.33 Å². The number of rotatable bonds is 9. The smallest absolute Gasteiger partial charge is 0.207 e. The fourth-order valence-electron chi connectivity index (χ4n) is 3.91. The van der Waals surface area contributed by atoms with Gasteiger partial charge < -0.3 is 26.0 Å². The lowest BCUT2D eigenvalue weighted by molar-refractivity contribution is -0.110. The summed E-state index contributed by atoms with van der Waals surface area (Å²) >= 11 is 0. The third-order valence-electron chi connectivity index (χ3n) is 6.25. The van der Waals surface area contributed by atoms with Gasteiger partial charge in [0.25, 0.3) is 0 Å². The van der Waals surface area contributed by atoms with Gasteiger partial charge in [0.05, 0.1) is 11.3 Å². The fourth-order valence-corrected chi connectivity index (χ4v) is 3.91. The monoisotopic (exact) mass is 503 g/mol. The molecule has 1 amide bonds. The standard InChI is InChI=1S/C24H26N6O2.C4H11N/c25-22(16-6-12-20(13-7-16)32-19-4-2-1-3-5-19)21-23(26)27-14-28-24(21)30-18-10-8-17(9-11-18)29-15-31;1-4-5(2)3/h1-7,12-15,17-18,25H,8-11H2,(H,29,31)(H3,26,27,28,30);4H2,1-3H3. The largest absolute Gasteiger partial charge is 0.457 e. The van der Waals surface area contributed by atoms with E-state index in [-0.39, 0.29) is 23.6 Å². The normalized spacial score (nSPS) is 16.8. The van der Waals surface area contributed by atoms with E-state index in [9.17, 15) is 4.79 Å². The van der Waals surface area contributed by atoms with Crippen LogP contribution < -0.4 is 21.1 Å². The van der Waals surface area contributed by atoms with Gasteiger partial charge in [0.2, 0.25) is 6.41 Å². The summed E-state index contributed by atoms with van der Waals surface area (Å²) in [5.41, 5.74) is 7.57. The maximum absolute atomic E-state index is 10.7. The van der Waals surface area contributed by atoms with Crippen LogP contribution in [0.15, 0.2) is 60.9 Å². The molecule has 9 nitrogen and oxygen atoms in total. The lowest BCUT2D eigenvalue weighted by atomic mass is 9.91. The summed E-state index contributed by atoms with van der Waals surface area (Å²) in [4.78, 5) is 21.3. The molecular formula is C28H37N7O2. The molecule has 0 unspecified atom stereocenters. The van der Waals surface area contributed by atoms with Crippen molar-refractivity contribution in [2.24, 2.45) is 0 Å². The van der Waals surface area contributed by atoms with Crippen molar-refractivity contribution in [2.75, 3.05) is 31.7 Å². The number of para-hydroxylation sites is 1. The van der Waals surface area contributed by atoms with Crippen molar-refractivity contribution in [3.05, 3.63) is 72.1 Å². The molecule has 4 rings (SSSR count). The van der Waals surface area contributed by atoms with Crippen LogP contribution >= 0.6 is 0 Å². The highest BCUT2D eigenvalue weighted by atomic mass is 16.5. The summed E-state index contributed by atoms with van der Waals surface area (Å²) in [6, 6.07) is 17.3. The highest BCUT2D eigenvalue weighted by Gasteiger charge is 2.23. The average molecular weight is 504 g/mol. The Morgan fingerprint density at radius 3 is 2.22 bits per heavy atom. The van der Waals surface area contributed by atoms with Crippen molar-refractivity contribution in [1.29, 1.82) is 5.41 Å². The highest BCUT2D eigenvalue weighted by molar-refractivity contribution is 6.16. The number of carbonyl (C=O) groups is 1. The number of nitrogen functional groups attached to an aromatic ring is 1. The Hall–Kier alpha value is -3.98. The molecule has 5 N–H and O–H groups in total. The molecule has 1 aromatic heterocycles. The number of carbonyl (C=O) groups excluding carboxylic acids is 1. The molecule has 1 heterocycles. The van der Waals surface area contributed by atoms with Gasteiger partial charge >= 0.3 is 0 Å². The van der Waals surface area contributed by atoms with Crippen LogP contribution in [0.25, 0.3) is 0 Å². The van der Waals surface area contributed by atoms with Gasteiger partial charge in [-0.25, -0.2) is 9.97 Å². The summed E-state index contributed by atoms with van der Waals surface area (Å²) in [6.45, 7) is 3.26. The van der Waals surface area contributed by atoms with E-state index in [2.05, 4.69) is 46.5 Å². The minimum atomic E-state index is 0.196. The summed E-state index contributed by atoms with van der Waals surface area (Å²) in [5, 5.41) is 15.0. The Morgan fingerprint density at radius 2 is 1.62 bits per heavy atom. The number of ether oxygens (including phenoxy) is 1. The second-order valence-corrected chi connectivity index (χ2v) is 9.17. The minimum Gasteiger partial charge on any atom is -0.457 e. The van der Waals surface area contributed by atoms with Crippen molar-refractivity contribution in [2.45, 2.75) is 44.7 Å². The van der Waals surface area contributed by atoms with E-state index >= 15 is 0 Å². The predicted molar refractivity (Wildman–Crippen MR) is 148 cm³/mol. The van der Waals surface area contributed by atoms with Gasteiger partial charge in [-0.1, -0.05) is 25.1 Å². The van der Waals surface area contributed by atoms with Crippen molar-refractivity contribution in [3.63, 3.8) is 0 Å². The third kappa shape index (κ3) is 8.28. The molecule has 37 heavy (non-hydrogen) atoms. The molecule has 0 aliphatic heterocycles. The van der Waals surface area contributed by atoms with Crippen molar-refractivity contribution < 1.29 is 9.53 Å². The zero-order valence-electron chi connectivity index (χ0n) is 21.8. The maximum Gasteiger partial charge on any atom is 0.207 e. The first-order chi connectivity index (χ1) is 17.9. The molecule has 0 spiro atoms. The van der Waals surface area contributed by atoms with Crippen LogP contribution in [0.3, 0.4) is 0 Å². The SMILES string of the molecule is CCN(C)C.N=C(c1ccc(Oc2ccccc2)cc1)c1c(N)ncnc1NC1CCC(NC=O)CC1. The van der Waals surface area contributed by atoms with Crippen LogP contribution in [0.5, 0.6) is 11.5 Å². The first-order valence-electron chi connectivity index (χ1n) is 12.5. The Morgan fingerprint density at radius 1 is 1.03 bits per heavy atom. The van der Waals surface area contributed by atoms with Crippen LogP contribution in [0, 0.1) is 5.41 Å². The molecule has 1 fully saturated rings. The number of benzene rings is 2. The van der Waals surface area contributed by atoms with E-state index in [4.69, 9.17) is 15.9 Å². The van der Waals surface area contributed by atoms with Gasteiger partial charge in [0.1, 0.15) is 29.5 Å².